The van der Waals surface area contributed by atoms with E-state index in [0.29, 0.717) is 12.2 Å². The molecule has 2 N–H and O–H groups in total. The molecule has 2 rings (SSSR count). The Labute approximate surface area is 101 Å². The van der Waals surface area contributed by atoms with Gasteiger partial charge in [0.25, 0.3) is 5.56 Å². The molecule has 1 aromatic carbocycles. The van der Waals surface area contributed by atoms with Crippen LogP contribution in [0.25, 0.3) is 11.3 Å². The maximum atomic E-state index is 11.9. The van der Waals surface area contributed by atoms with Gasteiger partial charge in [-0.15, -0.1) is 0 Å². The molecule has 0 aliphatic carbocycles. The van der Waals surface area contributed by atoms with Gasteiger partial charge in [0.2, 0.25) is 0 Å². The van der Waals surface area contributed by atoms with E-state index in [1.54, 1.807) is 10.6 Å². The molecular formula is C14H16N2O. The number of nitrogen functional groups attached to an aromatic ring is 1. The van der Waals surface area contributed by atoms with Crippen molar-refractivity contribution in [2.75, 3.05) is 5.73 Å². The SMILES string of the molecule is CCn1c(-c2cccc(C)c2)ccc(N)c1=O. The molecule has 17 heavy (non-hydrogen) atoms. The van der Waals surface area contributed by atoms with Crippen LogP contribution in [-0.2, 0) is 6.54 Å². The molecule has 0 saturated heterocycles. The van der Waals surface area contributed by atoms with Gasteiger partial charge in [-0.3, -0.25) is 4.79 Å². The third-order valence-corrected chi connectivity index (χ3v) is 2.83. The molecule has 0 saturated carbocycles. The fraction of sp³-hybridized carbons (Fsp3) is 0.214. The number of nitrogens with zero attached hydrogens (tertiary/aromatic N) is 1. The molecule has 0 radical (unpaired) electrons. The van der Waals surface area contributed by atoms with Crippen LogP contribution in [0, 0.1) is 6.92 Å². The molecule has 0 amide bonds. The number of aryl methyl sites for hydroxylation is 1. The second kappa shape index (κ2) is 4.45. The molecule has 0 aliphatic rings. The van der Waals surface area contributed by atoms with Gasteiger partial charge in [0.05, 0.1) is 11.4 Å². The zero-order chi connectivity index (χ0) is 12.4. The molecule has 3 heteroatoms. The van der Waals surface area contributed by atoms with Gasteiger partial charge in [-0.2, -0.15) is 0 Å². The summed E-state index contributed by atoms with van der Waals surface area (Å²) in [5.74, 6) is 0. The standard InChI is InChI=1S/C14H16N2O/c1-3-16-13(8-7-12(15)14(16)17)11-6-4-5-10(2)9-11/h4-9H,3,15H2,1-2H3. The summed E-state index contributed by atoms with van der Waals surface area (Å²) in [5.41, 5.74) is 8.95. The predicted octanol–water partition coefficient (Wildman–Crippen LogP) is 2.43. The van der Waals surface area contributed by atoms with Crippen molar-refractivity contribution in [2.45, 2.75) is 20.4 Å². The third kappa shape index (κ3) is 2.09. The van der Waals surface area contributed by atoms with Crippen LogP contribution in [0.3, 0.4) is 0 Å². The second-order valence-electron chi connectivity index (χ2n) is 4.09. The van der Waals surface area contributed by atoms with Gasteiger partial charge in [-0.05, 0) is 37.6 Å². The molecule has 3 nitrogen and oxygen atoms in total. The zero-order valence-electron chi connectivity index (χ0n) is 10.1. The molecule has 88 valence electrons. The summed E-state index contributed by atoms with van der Waals surface area (Å²) in [7, 11) is 0. The molecule has 0 atom stereocenters. The van der Waals surface area contributed by atoms with Crippen molar-refractivity contribution < 1.29 is 0 Å². The predicted molar refractivity (Wildman–Crippen MR) is 71.0 cm³/mol. The van der Waals surface area contributed by atoms with Gasteiger partial charge in [0.1, 0.15) is 0 Å². The summed E-state index contributed by atoms with van der Waals surface area (Å²) in [4.78, 5) is 11.9. The summed E-state index contributed by atoms with van der Waals surface area (Å²) in [6.07, 6.45) is 0. The fourth-order valence-corrected chi connectivity index (χ4v) is 1.97. The highest BCUT2D eigenvalue weighted by molar-refractivity contribution is 5.62. The van der Waals surface area contributed by atoms with Gasteiger partial charge < -0.3 is 10.3 Å². The molecule has 0 unspecified atom stereocenters. The van der Waals surface area contributed by atoms with E-state index in [1.807, 2.05) is 38.1 Å². The number of nitrogens with two attached hydrogens (primary N) is 1. The Hall–Kier alpha value is -2.03. The van der Waals surface area contributed by atoms with Crippen LogP contribution in [0.4, 0.5) is 5.69 Å². The van der Waals surface area contributed by atoms with Crippen molar-refractivity contribution in [3.8, 4) is 11.3 Å². The molecule has 1 heterocycles. The van der Waals surface area contributed by atoms with Crippen LogP contribution in [0.1, 0.15) is 12.5 Å². The number of hydrogen-bond donors (Lipinski definition) is 1. The lowest BCUT2D eigenvalue weighted by molar-refractivity contribution is 0.738. The lowest BCUT2D eigenvalue weighted by Crippen LogP contribution is -2.23. The average Bonchev–Trinajstić information content (AvgIpc) is 2.32. The highest BCUT2D eigenvalue weighted by Gasteiger charge is 2.07. The first-order chi connectivity index (χ1) is 8.13. The largest absolute Gasteiger partial charge is 0.394 e. The third-order valence-electron chi connectivity index (χ3n) is 2.83. The lowest BCUT2D eigenvalue weighted by atomic mass is 10.1. The van der Waals surface area contributed by atoms with Gasteiger partial charge in [0.15, 0.2) is 0 Å². The van der Waals surface area contributed by atoms with Crippen molar-refractivity contribution in [3.05, 3.63) is 52.3 Å². The highest BCUT2D eigenvalue weighted by atomic mass is 16.1. The van der Waals surface area contributed by atoms with E-state index in [9.17, 15) is 4.79 Å². The van der Waals surface area contributed by atoms with Gasteiger partial charge >= 0.3 is 0 Å². The van der Waals surface area contributed by atoms with Crippen LogP contribution in [-0.4, -0.2) is 4.57 Å². The minimum absolute atomic E-state index is 0.119. The number of anilines is 1. The molecule has 0 aliphatic heterocycles. The van der Waals surface area contributed by atoms with Gasteiger partial charge in [-0.1, -0.05) is 23.8 Å². The summed E-state index contributed by atoms with van der Waals surface area (Å²) >= 11 is 0. The molecule has 0 spiro atoms. The Morgan fingerprint density at radius 2 is 2.00 bits per heavy atom. The highest BCUT2D eigenvalue weighted by Crippen LogP contribution is 2.19. The van der Waals surface area contributed by atoms with Gasteiger partial charge in [-0.25, -0.2) is 0 Å². The van der Waals surface area contributed by atoms with Crippen molar-refractivity contribution in [2.24, 2.45) is 0 Å². The van der Waals surface area contributed by atoms with E-state index in [2.05, 4.69) is 6.07 Å². The first kappa shape index (κ1) is 11.5. The Kier molecular flexibility index (Phi) is 3.00. The summed E-state index contributed by atoms with van der Waals surface area (Å²) < 4.78 is 1.70. The monoisotopic (exact) mass is 228 g/mol. The lowest BCUT2D eigenvalue weighted by Gasteiger charge is -2.12. The first-order valence-electron chi connectivity index (χ1n) is 5.70. The minimum Gasteiger partial charge on any atom is -0.394 e. The van der Waals surface area contributed by atoms with E-state index in [-0.39, 0.29) is 5.56 Å². The van der Waals surface area contributed by atoms with E-state index < -0.39 is 0 Å². The van der Waals surface area contributed by atoms with E-state index in [4.69, 9.17) is 5.73 Å². The Morgan fingerprint density at radius 3 is 2.65 bits per heavy atom. The number of benzene rings is 1. The van der Waals surface area contributed by atoms with Crippen molar-refractivity contribution in [1.82, 2.24) is 4.57 Å². The van der Waals surface area contributed by atoms with E-state index in [1.165, 1.54) is 5.56 Å². The quantitative estimate of drug-likeness (QED) is 0.858. The number of hydrogen-bond acceptors (Lipinski definition) is 2. The number of aromatic nitrogens is 1. The molecule has 0 fully saturated rings. The van der Waals surface area contributed by atoms with Crippen LogP contribution in [0.2, 0.25) is 0 Å². The Balaban J connectivity index is 2.68. The minimum atomic E-state index is -0.119. The summed E-state index contributed by atoms with van der Waals surface area (Å²) in [5, 5.41) is 0. The van der Waals surface area contributed by atoms with Crippen molar-refractivity contribution in [1.29, 1.82) is 0 Å². The smallest absolute Gasteiger partial charge is 0.274 e. The zero-order valence-corrected chi connectivity index (χ0v) is 10.1. The average molecular weight is 228 g/mol. The van der Waals surface area contributed by atoms with Crippen molar-refractivity contribution >= 4 is 5.69 Å². The van der Waals surface area contributed by atoms with Crippen LogP contribution in [0.5, 0.6) is 0 Å². The first-order valence-corrected chi connectivity index (χ1v) is 5.70. The van der Waals surface area contributed by atoms with Crippen LogP contribution in [0.15, 0.2) is 41.2 Å². The normalized spacial score (nSPS) is 10.5. The summed E-state index contributed by atoms with van der Waals surface area (Å²) in [6.45, 7) is 4.60. The molecule has 2 aromatic rings. The second-order valence-corrected chi connectivity index (χ2v) is 4.09. The topological polar surface area (TPSA) is 48.0 Å². The Morgan fingerprint density at radius 1 is 1.24 bits per heavy atom. The van der Waals surface area contributed by atoms with Crippen molar-refractivity contribution in [3.63, 3.8) is 0 Å². The van der Waals surface area contributed by atoms with Crippen LogP contribution < -0.4 is 11.3 Å². The molecular weight excluding hydrogens is 212 g/mol. The summed E-state index contributed by atoms with van der Waals surface area (Å²) in [6, 6.07) is 11.7. The molecule has 0 bridgehead atoms. The van der Waals surface area contributed by atoms with Gasteiger partial charge in [0, 0.05) is 6.54 Å². The Bertz CT molecular complexity index is 599. The fourth-order valence-electron chi connectivity index (χ4n) is 1.97. The number of pyridine rings is 1. The molecule has 1 aromatic heterocycles. The van der Waals surface area contributed by atoms with Crippen LogP contribution >= 0.6 is 0 Å². The van der Waals surface area contributed by atoms with E-state index in [0.717, 1.165) is 11.3 Å². The maximum Gasteiger partial charge on any atom is 0.274 e. The maximum absolute atomic E-state index is 11.9. The van der Waals surface area contributed by atoms with E-state index >= 15 is 0 Å². The number of rotatable bonds is 2.